The maximum atomic E-state index is 13.1. The third kappa shape index (κ3) is 3.45. The molecular formula is C18H14BrClN6O. The number of nitrogens with zero attached hydrogens (tertiary/aromatic N) is 4. The molecule has 27 heavy (non-hydrogen) atoms. The molecule has 4 rings (SSSR count). The first-order valence-electron chi connectivity index (χ1n) is 8.11. The molecule has 1 unspecified atom stereocenters. The zero-order valence-corrected chi connectivity index (χ0v) is 16.5. The maximum Gasteiger partial charge on any atom is 0.255 e. The van der Waals surface area contributed by atoms with Crippen molar-refractivity contribution in [2.45, 2.75) is 13.0 Å². The molecule has 0 saturated carbocycles. The number of allylic oxidation sites excluding steroid dienone is 1. The fraction of sp³-hybridized carbons (Fsp3) is 0.111. The second-order valence-corrected chi connectivity index (χ2v) is 7.38. The Balaban J connectivity index is 1.76. The number of benzene rings is 2. The van der Waals surface area contributed by atoms with Crippen molar-refractivity contribution in [1.82, 2.24) is 20.2 Å². The average Bonchev–Trinajstić information content (AvgIpc) is 3.10. The van der Waals surface area contributed by atoms with Crippen molar-refractivity contribution in [3.05, 3.63) is 74.9 Å². The highest BCUT2D eigenvalue weighted by molar-refractivity contribution is 9.10. The SMILES string of the molecule is CC1=C(C(=O)Nc2ccc(Cl)cc2)C(c2cccc(Br)c2)n2nnnc2N1. The van der Waals surface area contributed by atoms with Crippen molar-refractivity contribution in [1.29, 1.82) is 0 Å². The third-order valence-corrected chi connectivity index (χ3v) is 4.97. The zero-order chi connectivity index (χ0) is 19.0. The monoisotopic (exact) mass is 444 g/mol. The summed E-state index contributed by atoms with van der Waals surface area (Å²) in [5, 5.41) is 18.4. The number of hydrogen-bond donors (Lipinski definition) is 2. The van der Waals surface area contributed by atoms with E-state index in [9.17, 15) is 4.79 Å². The van der Waals surface area contributed by atoms with E-state index in [2.05, 4.69) is 42.1 Å². The summed E-state index contributed by atoms with van der Waals surface area (Å²) in [6, 6.07) is 14.2. The molecular weight excluding hydrogens is 432 g/mol. The molecule has 2 N–H and O–H groups in total. The molecule has 2 heterocycles. The third-order valence-electron chi connectivity index (χ3n) is 4.23. The Morgan fingerprint density at radius 2 is 2.04 bits per heavy atom. The quantitative estimate of drug-likeness (QED) is 0.636. The van der Waals surface area contributed by atoms with E-state index in [0.717, 1.165) is 10.0 Å². The van der Waals surface area contributed by atoms with Crippen LogP contribution in [0.1, 0.15) is 18.5 Å². The van der Waals surface area contributed by atoms with Crippen LogP contribution < -0.4 is 10.6 Å². The van der Waals surface area contributed by atoms with Crippen LogP contribution in [0.4, 0.5) is 11.6 Å². The Hall–Kier alpha value is -2.71. The van der Waals surface area contributed by atoms with Gasteiger partial charge in [0, 0.05) is 20.9 Å². The van der Waals surface area contributed by atoms with Crippen LogP contribution in [0.5, 0.6) is 0 Å². The van der Waals surface area contributed by atoms with E-state index < -0.39 is 6.04 Å². The van der Waals surface area contributed by atoms with Gasteiger partial charge in [-0.05, 0) is 59.3 Å². The van der Waals surface area contributed by atoms with Crippen molar-refractivity contribution in [3.63, 3.8) is 0 Å². The predicted octanol–water partition coefficient (Wildman–Crippen LogP) is 4.02. The fourth-order valence-corrected chi connectivity index (χ4v) is 3.57. The zero-order valence-electron chi connectivity index (χ0n) is 14.1. The number of hydrogen-bond acceptors (Lipinski definition) is 5. The number of carbonyl (C=O) groups is 1. The molecule has 0 aliphatic carbocycles. The minimum absolute atomic E-state index is 0.242. The Morgan fingerprint density at radius 3 is 2.78 bits per heavy atom. The lowest BCUT2D eigenvalue weighted by atomic mass is 9.95. The number of carbonyl (C=O) groups excluding carboxylic acids is 1. The first kappa shape index (κ1) is 17.7. The van der Waals surface area contributed by atoms with E-state index in [1.165, 1.54) is 0 Å². The first-order chi connectivity index (χ1) is 13.0. The van der Waals surface area contributed by atoms with Gasteiger partial charge in [0.05, 0.1) is 5.57 Å². The lowest BCUT2D eigenvalue weighted by Gasteiger charge is -2.28. The number of rotatable bonds is 3. The van der Waals surface area contributed by atoms with E-state index in [1.807, 2.05) is 31.2 Å². The Morgan fingerprint density at radius 1 is 1.26 bits per heavy atom. The highest BCUT2D eigenvalue weighted by Crippen LogP contribution is 2.35. The number of aromatic nitrogens is 4. The molecule has 0 saturated heterocycles. The second kappa shape index (κ2) is 7.13. The van der Waals surface area contributed by atoms with Gasteiger partial charge < -0.3 is 10.6 Å². The summed E-state index contributed by atoms with van der Waals surface area (Å²) in [5.74, 6) is 0.244. The number of halogens is 2. The molecule has 0 spiro atoms. The number of anilines is 2. The summed E-state index contributed by atoms with van der Waals surface area (Å²) < 4.78 is 2.51. The van der Waals surface area contributed by atoms with Crippen molar-refractivity contribution in [2.24, 2.45) is 0 Å². The van der Waals surface area contributed by atoms with Crippen LogP contribution in [0, 0.1) is 0 Å². The van der Waals surface area contributed by atoms with Gasteiger partial charge in [-0.2, -0.15) is 4.68 Å². The average molecular weight is 446 g/mol. The summed E-state index contributed by atoms with van der Waals surface area (Å²) in [4.78, 5) is 13.1. The Bertz CT molecular complexity index is 1050. The van der Waals surface area contributed by atoms with Gasteiger partial charge in [-0.25, -0.2) is 0 Å². The van der Waals surface area contributed by atoms with Crippen molar-refractivity contribution in [2.75, 3.05) is 10.6 Å². The van der Waals surface area contributed by atoms with Crippen molar-refractivity contribution >= 4 is 45.1 Å². The van der Waals surface area contributed by atoms with Crippen molar-refractivity contribution in [3.8, 4) is 0 Å². The normalized spacial score (nSPS) is 15.9. The number of amides is 1. The summed E-state index contributed by atoms with van der Waals surface area (Å²) in [6.45, 7) is 1.83. The Kier molecular flexibility index (Phi) is 4.67. The molecule has 2 aromatic carbocycles. The summed E-state index contributed by atoms with van der Waals surface area (Å²) in [5.41, 5.74) is 2.76. The van der Waals surface area contributed by atoms with Crippen LogP contribution in [0.3, 0.4) is 0 Å². The molecule has 7 nitrogen and oxygen atoms in total. The van der Waals surface area contributed by atoms with Crippen LogP contribution in [-0.2, 0) is 4.79 Å². The van der Waals surface area contributed by atoms with Gasteiger partial charge in [0.15, 0.2) is 0 Å². The minimum Gasteiger partial charge on any atom is -0.326 e. The topological polar surface area (TPSA) is 84.7 Å². The van der Waals surface area contributed by atoms with Gasteiger partial charge >= 0.3 is 0 Å². The maximum absolute atomic E-state index is 13.1. The van der Waals surface area contributed by atoms with E-state index in [1.54, 1.807) is 28.9 Å². The number of fused-ring (bicyclic) bond motifs is 1. The second-order valence-electron chi connectivity index (χ2n) is 6.03. The van der Waals surface area contributed by atoms with Crippen molar-refractivity contribution < 1.29 is 4.79 Å². The molecule has 1 amide bonds. The number of nitrogens with one attached hydrogen (secondary N) is 2. The van der Waals surface area contributed by atoms with E-state index in [-0.39, 0.29) is 5.91 Å². The smallest absolute Gasteiger partial charge is 0.255 e. The first-order valence-corrected chi connectivity index (χ1v) is 9.28. The molecule has 1 aliphatic heterocycles. The van der Waals surface area contributed by atoms with Crippen LogP contribution in [0.25, 0.3) is 0 Å². The van der Waals surface area contributed by atoms with Gasteiger partial charge in [0.2, 0.25) is 5.95 Å². The van der Waals surface area contributed by atoms with E-state index in [4.69, 9.17) is 11.6 Å². The molecule has 0 radical (unpaired) electrons. The molecule has 1 aromatic heterocycles. The highest BCUT2D eigenvalue weighted by atomic mass is 79.9. The summed E-state index contributed by atoms with van der Waals surface area (Å²) >= 11 is 9.41. The van der Waals surface area contributed by atoms with Gasteiger partial charge in [-0.1, -0.05) is 44.8 Å². The van der Waals surface area contributed by atoms with E-state index >= 15 is 0 Å². The molecule has 1 aliphatic rings. The van der Waals surface area contributed by atoms with Gasteiger partial charge in [-0.15, -0.1) is 0 Å². The van der Waals surface area contributed by atoms with Crippen LogP contribution in [-0.4, -0.2) is 26.1 Å². The summed E-state index contributed by atoms with van der Waals surface area (Å²) in [7, 11) is 0. The minimum atomic E-state index is -0.457. The number of tetrazole rings is 1. The largest absolute Gasteiger partial charge is 0.326 e. The Labute approximate surface area is 168 Å². The molecule has 1 atom stereocenters. The van der Waals surface area contributed by atoms with Crippen LogP contribution in [0.15, 0.2) is 64.3 Å². The molecule has 3 aromatic rings. The molecule has 0 fully saturated rings. The lowest BCUT2D eigenvalue weighted by Crippen LogP contribution is -2.31. The fourth-order valence-electron chi connectivity index (χ4n) is 3.02. The lowest BCUT2D eigenvalue weighted by molar-refractivity contribution is -0.113. The van der Waals surface area contributed by atoms with Crippen LogP contribution in [0.2, 0.25) is 5.02 Å². The van der Waals surface area contributed by atoms with Crippen LogP contribution >= 0.6 is 27.5 Å². The van der Waals surface area contributed by atoms with Gasteiger partial charge in [-0.3, -0.25) is 4.79 Å². The molecule has 9 heteroatoms. The molecule has 0 bridgehead atoms. The molecule has 136 valence electrons. The van der Waals surface area contributed by atoms with Gasteiger partial charge in [0.1, 0.15) is 6.04 Å². The highest BCUT2D eigenvalue weighted by Gasteiger charge is 2.34. The predicted molar refractivity (Wildman–Crippen MR) is 107 cm³/mol. The summed E-state index contributed by atoms with van der Waals surface area (Å²) in [6.07, 6.45) is 0. The van der Waals surface area contributed by atoms with E-state index in [0.29, 0.717) is 27.9 Å². The van der Waals surface area contributed by atoms with Gasteiger partial charge in [0.25, 0.3) is 5.91 Å². The standard InChI is InChI=1S/C18H14BrClN6O/c1-10-15(17(27)22-14-7-5-13(20)6-8-14)16(11-3-2-4-12(19)9-11)26-18(21-10)23-24-25-26/h2-9,16H,1H3,(H,22,27)(H,21,23,25).